The minimum Gasteiger partial charge on any atom is -0.356 e. The minimum absolute atomic E-state index is 0.0938. The van der Waals surface area contributed by atoms with Crippen LogP contribution in [0.15, 0.2) is 18.3 Å². The summed E-state index contributed by atoms with van der Waals surface area (Å²) in [5.41, 5.74) is 1.23. The fraction of sp³-hybridized carbons (Fsp3) is 0.643. The van der Waals surface area contributed by atoms with E-state index < -0.39 is 0 Å². The van der Waals surface area contributed by atoms with E-state index in [1.807, 2.05) is 0 Å². The van der Waals surface area contributed by atoms with Crippen LogP contribution in [-0.4, -0.2) is 35.0 Å². The molecule has 0 saturated carbocycles. The maximum atomic E-state index is 12.0. The second kappa shape index (κ2) is 4.43. The van der Waals surface area contributed by atoms with E-state index in [9.17, 15) is 4.79 Å². The summed E-state index contributed by atoms with van der Waals surface area (Å²) in [6.45, 7) is 3.85. The van der Waals surface area contributed by atoms with E-state index >= 15 is 0 Å². The molecule has 1 aromatic rings. The van der Waals surface area contributed by atoms with Crippen LogP contribution in [0.5, 0.6) is 0 Å². The topological polar surface area (TPSA) is 37.3 Å². The Balaban J connectivity index is 1.71. The molecule has 1 aromatic heterocycles. The zero-order chi connectivity index (χ0) is 12.6. The molecule has 4 heteroatoms. The highest BCUT2D eigenvalue weighted by Gasteiger charge is 2.45. The zero-order valence-corrected chi connectivity index (χ0v) is 11.0. The number of carbonyl (C=O) groups is 1. The Kier molecular flexibility index (Phi) is 2.90. The molecule has 2 saturated heterocycles. The number of hydrogen-bond acceptors (Lipinski definition) is 2. The first-order chi connectivity index (χ1) is 8.70. The average Bonchev–Trinajstić information content (AvgIpc) is 2.89. The van der Waals surface area contributed by atoms with Gasteiger partial charge in [0.15, 0.2) is 0 Å². The molecule has 1 amide bonds. The molecule has 3 rings (SSSR count). The molecule has 4 nitrogen and oxygen atoms in total. The third-order valence-electron chi connectivity index (χ3n) is 4.46. The second-order valence-electron chi connectivity index (χ2n) is 5.71. The number of nitrogens with zero attached hydrogens (tertiary/aromatic N) is 2. The van der Waals surface area contributed by atoms with Gasteiger partial charge in [-0.25, -0.2) is 0 Å². The van der Waals surface area contributed by atoms with Gasteiger partial charge >= 0.3 is 0 Å². The number of likely N-dealkylation sites (tertiary alicyclic amines) is 1. The monoisotopic (exact) mass is 247 g/mol. The molecule has 18 heavy (non-hydrogen) atoms. The fourth-order valence-electron chi connectivity index (χ4n) is 3.36. The lowest BCUT2D eigenvalue weighted by Crippen LogP contribution is -2.46. The predicted octanol–water partition coefficient (Wildman–Crippen LogP) is 1.13. The molecule has 2 fully saturated rings. The van der Waals surface area contributed by atoms with Crippen molar-refractivity contribution in [3.05, 3.63) is 24.0 Å². The lowest BCUT2D eigenvalue weighted by molar-refractivity contribution is -0.130. The summed E-state index contributed by atoms with van der Waals surface area (Å²) in [4.78, 5) is 14.5. The molecule has 98 valence electrons. The number of rotatable bonds is 2. The maximum Gasteiger partial charge on any atom is 0.227 e. The quantitative estimate of drug-likeness (QED) is 0.850. The molecular weight excluding hydrogens is 226 g/mol. The van der Waals surface area contributed by atoms with E-state index in [2.05, 4.69) is 40.2 Å². The molecule has 1 spiro atoms. The van der Waals surface area contributed by atoms with Gasteiger partial charge in [-0.3, -0.25) is 9.69 Å². The van der Waals surface area contributed by atoms with Crippen molar-refractivity contribution in [3.8, 4) is 0 Å². The van der Waals surface area contributed by atoms with Crippen molar-refractivity contribution >= 4 is 5.91 Å². The van der Waals surface area contributed by atoms with Crippen molar-refractivity contribution in [2.24, 2.45) is 12.5 Å². The molecule has 3 heterocycles. The van der Waals surface area contributed by atoms with Crippen LogP contribution in [0.1, 0.15) is 25.0 Å². The Morgan fingerprint density at radius 1 is 1.44 bits per heavy atom. The molecule has 2 aliphatic heterocycles. The van der Waals surface area contributed by atoms with Crippen LogP contribution in [0.4, 0.5) is 0 Å². The zero-order valence-electron chi connectivity index (χ0n) is 11.0. The van der Waals surface area contributed by atoms with Crippen molar-refractivity contribution in [2.75, 3.05) is 19.6 Å². The number of hydrogen-bond donors (Lipinski definition) is 1. The number of carbonyl (C=O) groups excluding carboxylic acids is 1. The normalized spacial score (nSPS) is 28.8. The first-order valence-corrected chi connectivity index (χ1v) is 6.80. The summed E-state index contributed by atoms with van der Waals surface area (Å²) >= 11 is 0. The van der Waals surface area contributed by atoms with Crippen molar-refractivity contribution in [1.29, 1.82) is 0 Å². The summed E-state index contributed by atoms with van der Waals surface area (Å²) in [5, 5.41) is 3.00. The van der Waals surface area contributed by atoms with Crippen molar-refractivity contribution in [3.63, 3.8) is 0 Å². The van der Waals surface area contributed by atoms with Gasteiger partial charge in [-0.2, -0.15) is 0 Å². The van der Waals surface area contributed by atoms with Crippen LogP contribution in [0.25, 0.3) is 0 Å². The Morgan fingerprint density at radius 3 is 3.00 bits per heavy atom. The van der Waals surface area contributed by atoms with Crippen LogP contribution in [-0.2, 0) is 18.4 Å². The van der Waals surface area contributed by atoms with Gasteiger partial charge < -0.3 is 9.88 Å². The SMILES string of the molecule is Cn1cccc1CN1CCCC2(CCNC2=O)C1. The number of amides is 1. The van der Waals surface area contributed by atoms with E-state index in [0.717, 1.165) is 45.4 Å². The maximum absolute atomic E-state index is 12.0. The van der Waals surface area contributed by atoms with Gasteiger partial charge in [0.25, 0.3) is 0 Å². The number of aryl methyl sites for hydroxylation is 1. The summed E-state index contributed by atoms with van der Waals surface area (Å²) in [6, 6.07) is 4.24. The van der Waals surface area contributed by atoms with Crippen molar-refractivity contribution < 1.29 is 4.79 Å². The summed E-state index contributed by atoms with van der Waals surface area (Å²) in [5.74, 6) is 0.277. The molecule has 1 N–H and O–H groups in total. The molecule has 0 aliphatic carbocycles. The van der Waals surface area contributed by atoms with Gasteiger partial charge in [-0.1, -0.05) is 0 Å². The van der Waals surface area contributed by atoms with Crippen LogP contribution in [0.3, 0.4) is 0 Å². The highest BCUT2D eigenvalue weighted by Crippen LogP contribution is 2.36. The fourth-order valence-corrected chi connectivity index (χ4v) is 3.36. The molecule has 0 radical (unpaired) electrons. The van der Waals surface area contributed by atoms with Crippen LogP contribution in [0, 0.1) is 5.41 Å². The second-order valence-corrected chi connectivity index (χ2v) is 5.71. The van der Waals surface area contributed by atoms with E-state index in [1.165, 1.54) is 5.69 Å². The van der Waals surface area contributed by atoms with E-state index in [4.69, 9.17) is 0 Å². The molecule has 2 aliphatic rings. The highest BCUT2D eigenvalue weighted by molar-refractivity contribution is 5.85. The van der Waals surface area contributed by atoms with E-state index in [0.29, 0.717) is 0 Å². The summed E-state index contributed by atoms with van der Waals surface area (Å²) in [7, 11) is 2.08. The first-order valence-electron chi connectivity index (χ1n) is 6.80. The Labute approximate surface area is 108 Å². The van der Waals surface area contributed by atoms with Gasteiger partial charge in [0.05, 0.1) is 5.41 Å². The number of aromatic nitrogens is 1. The largest absolute Gasteiger partial charge is 0.356 e. The molecule has 0 bridgehead atoms. The highest BCUT2D eigenvalue weighted by atomic mass is 16.2. The number of piperidine rings is 1. The van der Waals surface area contributed by atoms with Gasteiger partial charge in [0.1, 0.15) is 0 Å². The predicted molar refractivity (Wildman–Crippen MR) is 70.0 cm³/mol. The third kappa shape index (κ3) is 1.94. The van der Waals surface area contributed by atoms with Crippen LogP contribution < -0.4 is 5.32 Å². The Hall–Kier alpha value is -1.29. The Bertz CT molecular complexity index is 454. The van der Waals surface area contributed by atoms with Crippen LogP contribution in [0.2, 0.25) is 0 Å². The standard InChI is InChI=1S/C14H21N3O/c1-16-8-2-4-12(16)10-17-9-3-5-14(11-17)6-7-15-13(14)18/h2,4,8H,3,5-7,9-11H2,1H3,(H,15,18). The Morgan fingerprint density at radius 2 is 2.33 bits per heavy atom. The minimum atomic E-state index is -0.0938. The lowest BCUT2D eigenvalue weighted by Gasteiger charge is -2.38. The van der Waals surface area contributed by atoms with Gasteiger partial charge in [-0.15, -0.1) is 0 Å². The molecule has 1 atom stereocenters. The van der Waals surface area contributed by atoms with Gasteiger partial charge in [0, 0.05) is 38.6 Å². The summed E-state index contributed by atoms with van der Waals surface area (Å²) in [6.07, 6.45) is 5.28. The molecular formula is C14H21N3O. The average molecular weight is 247 g/mol. The van der Waals surface area contributed by atoms with E-state index in [1.54, 1.807) is 0 Å². The van der Waals surface area contributed by atoms with Crippen molar-refractivity contribution in [1.82, 2.24) is 14.8 Å². The lowest BCUT2D eigenvalue weighted by atomic mass is 9.78. The van der Waals surface area contributed by atoms with Gasteiger partial charge in [0.2, 0.25) is 5.91 Å². The summed E-state index contributed by atoms with van der Waals surface area (Å²) < 4.78 is 2.16. The third-order valence-corrected chi connectivity index (χ3v) is 4.46. The van der Waals surface area contributed by atoms with Crippen LogP contribution >= 0.6 is 0 Å². The molecule has 0 aromatic carbocycles. The molecule has 1 unspecified atom stereocenters. The number of nitrogens with one attached hydrogen (secondary N) is 1. The van der Waals surface area contributed by atoms with E-state index in [-0.39, 0.29) is 11.3 Å². The van der Waals surface area contributed by atoms with Crippen molar-refractivity contribution in [2.45, 2.75) is 25.8 Å². The smallest absolute Gasteiger partial charge is 0.227 e. The van der Waals surface area contributed by atoms with Gasteiger partial charge in [-0.05, 0) is 37.9 Å². The first kappa shape index (κ1) is 11.8.